The number of ether oxygens (including phenoxy) is 2. The summed E-state index contributed by atoms with van der Waals surface area (Å²) >= 11 is 0. The van der Waals surface area contributed by atoms with Crippen LogP contribution in [0.5, 0.6) is 0 Å². The minimum absolute atomic E-state index is 0.718. The molecular formula is C21H26O4. The van der Waals surface area contributed by atoms with Crippen molar-refractivity contribution in [1.82, 2.24) is 0 Å². The molecule has 1 aliphatic heterocycles. The predicted octanol–water partition coefficient (Wildman–Crippen LogP) is 3.32. The molecule has 0 amide bonds. The summed E-state index contributed by atoms with van der Waals surface area (Å²) < 4.78 is 12.1. The van der Waals surface area contributed by atoms with E-state index < -0.39 is 29.2 Å². The number of benzene rings is 2. The zero-order valence-corrected chi connectivity index (χ0v) is 15.1. The number of rotatable bonds is 4. The fraction of sp³-hybridized carbons (Fsp3) is 0.429. The normalized spacial score (nSPS) is 27.4. The lowest BCUT2D eigenvalue weighted by Crippen LogP contribution is -2.51. The Morgan fingerprint density at radius 2 is 1.04 bits per heavy atom. The second kappa shape index (κ2) is 6.22. The highest BCUT2D eigenvalue weighted by atomic mass is 16.8. The summed E-state index contributed by atoms with van der Waals surface area (Å²) in [6.07, 6.45) is -1.47. The molecule has 2 N–H and O–H groups in total. The zero-order chi connectivity index (χ0) is 18.3. The van der Waals surface area contributed by atoms with E-state index in [9.17, 15) is 10.2 Å². The molecule has 0 aliphatic carbocycles. The van der Waals surface area contributed by atoms with E-state index >= 15 is 0 Å². The zero-order valence-electron chi connectivity index (χ0n) is 15.1. The van der Waals surface area contributed by atoms with Gasteiger partial charge in [-0.15, -0.1) is 0 Å². The largest absolute Gasteiger partial charge is 0.383 e. The Bertz CT molecular complexity index is 646. The van der Waals surface area contributed by atoms with Gasteiger partial charge in [0.15, 0.2) is 5.79 Å². The summed E-state index contributed by atoms with van der Waals surface area (Å²) in [5.74, 6) is -0.910. The predicted molar refractivity (Wildman–Crippen MR) is 95.9 cm³/mol. The van der Waals surface area contributed by atoms with Crippen LogP contribution in [0, 0.1) is 0 Å². The maximum atomic E-state index is 11.3. The topological polar surface area (TPSA) is 58.9 Å². The molecule has 0 radical (unpaired) electrons. The fourth-order valence-electron chi connectivity index (χ4n) is 3.46. The third-order valence-electron chi connectivity index (χ3n) is 4.92. The lowest BCUT2D eigenvalue weighted by Gasteiger charge is -2.38. The molecule has 1 heterocycles. The molecule has 0 unspecified atom stereocenters. The van der Waals surface area contributed by atoms with Gasteiger partial charge in [-0.2, -0.15) is 0 Å². The molecule has 0 spiro atoms. The molecule has 1 aliphatic rings. The van der Waals surface area contributed by atoms with Gasteiger partial charge < -0.3 is 19.7 Å². The number of hydrogen-bond acceptors (Lipinski definition) is 4. The van der Waals surface area contributed by atoms with Gasteiger partial charge >= 0.3 is 0 Å². The van der Waals surface area contributed by atoms with Crippen molar-refractivity contribution in [2.75, 3.05) is 0 Å². The van der Waals surface area contributed by atoms with Crippen molar-refractivity contribution in [3.05, 3.63) is 71.8 Å². The summed E-state index contributed by atoms with van der Waals surface area (Å²) in [4.78, 5) is 0. The van der Waals surface area contributed by atoms with Crippen LogP contribution in [0.1, 0.15) is 38.8 Å². The third kappa shape index (κ3) is 3.35. The Balaban J connectivity index is 2.02. The Hall–Kier alpha value is -1.72. The van der Waals surface area contributed by atoms with Gasteiger partial charge in [0, 0.05) is 0 Å². The van der Waals surface area contributed by atoms with Crippen molar-refractivity contribution in [1.29, 1.82) is 0 Å². The van der Waals surface area contributed by atoms with E-state index in [4.69, 9.17) is 9.47 Å². The van der Waals surface area contributed by atoms with Crippen molar-refractivity contribution in [3.8, 4) is 0 Å². The molecule has 4 nitrogen and oxygen atoms in total. The molecule has 4 heteroatoms. The Labute approximate surface area is 149 Å². The van der Waals surface area contributed by atoms with Crippen LogP contribution in [-0.4, -0.2) is 28.2 Å². The van der Waals surface area contributed by atoms with E-state index in [1.807, 2.05) is 60.7 Å². The first-order valence-electron chi connectivity index (χ1n) is 8.56. The Morgan fingerprint density at radius 1 is 0.720 bits per heavy atom. The molecule has 1 fully saturated rings. The van der Waals surface area contributed by atoms with Crippen molar-refractivity contribution >= 4 is 0 Å². The van der Waals surface area contributed by atoms with Crippen LogP contribution in [-0.2, 0) is 20.7 Å². The standard InChI is InChI=1S/C21H26O4/c1-19(2)24-17(20(3,22)15-11-7-5-8-12-15)18(25-19)21(4,23)16-13-9-6-10-14-16/h5-14,17-18,22-23H,1-4H3/t17-,18-,20-,21-/m1/s1. The average Bonchev–Trinajstić information content (AvgIpc) is 2.94. The first kappa shape index (κ1) is 18.1. The second-order valence-corrected chi connectivity index (χ2v) is 7.50. The van der Waals surface area contributed by atoms with Gasteiger partial charge in [-0.3, -0.25) is 0 Å². The smallest absolute Gasteiger partial charge is 0.164 e. The van der Waals surface area contributed by atoms with E-state index in [2.05, 4.69) is 0 Å². The monoisotopic (exact) mass is 342 g/mol. The minimum Gasteiger partial charge on any atom is -0.383 e. The van der Waals surface area contributed by atoms with E-state index in [0.717, 1.165) is 11.1 Å². The second-order valence-electron chi connectivity index (χ2n) is 7.50. The van der Waals surface area contributed by atoms with E-state index in [-0.39, 0.29) is 0 Å². The van der Waals surface area contributed by atoms with Crippen LogP contribution < -0.4 is 0 Å². The summed E-state index contributed by atoms with van der Waals surface area (Å²) in [6.45, 7) is 6.99. The molecule has 4 atom stereocenters. The molecule has 25 heavy (non-hydrogen) atoms. The Morgan fingerprint density at radius 3 is 1.36 bits per heavy atom. The van der Waals surface area contributed by atoms with Crippen LogP contribution >= 0.6 is 0 Å². The highest BCUT2D eigenvalue weighted by Gasteiger charge is 2.57. The van der Waals surface area contributed by atoms with E-state index in [1.54, 1.807) is 27.7 Å². The number of aliphatic hydroxyl groups is 2. The van der Waals surface area contributed by atoms with Gasteiger partial charge in [-0.05, 0) is 38.8 Å². The molecule has 0 aromatic heterocycles. The van der Waals surface area contributed by atoms with Crippen LogP contribution in [0.25, 0.3) is 0 Å². The molecule has 0 bridgehead atoms. The molecule has 2 aromatic carbocycles. The SMILES string of the molecule is CC1(C)O[C@@H]([C@](C)(O)c2ccccc2)[C@H]([C@](C)(O)c2ccccc2)O1. The van der Waals surface area contributed by atoms with Crippen LogP contribution in [0.15, 0.2) is 60.7 Å². The first-order chi connectivity index (χ1) is 11.6. The van der Waals surface area contributed by atoms with Crippen LogP contribution in [0.2, 0.25) is 0 Å². The van der Waals surface area contributed by atoms with Crippen molar-refractivity contribution < 1.29 is 19.7 Å². The van der Waals surface area contributed by atoms with E-state index in [0.29, 0.717) is 0 Å². The maximum Gasteiger partial charge on any atom is 0.164 e. The van der Waals surface area contributed by atoms with Crippen molar-refractivity contribution in [2.45, 2.75) is 56.9 Å². The quantitative estimate of drug-likeness (QED) is 0.895. The van der Waals surface area contributed by atoms with E-state index in [1.165, 1.54) is 0 Å². The molecule has 134 valence electrons. The molecule has 2 aromatic rings. The molecular weight excluding hydrogens is 316 g/mol. The van der Waals surface area contributed by atoms with Gasteiger partial charge in [0.05, 0.1) is 0 Å². The van der Waals surface area contributed by atoms with Gasteiger partial charge in [0.1, 0.15) is 23.4 Å². The molecule has 1 saturated heterocycles. The lowest BCUT2D eigenvalue weighted by molar-refractivity contribution is -0.175. The first-order valence-corrected chi connectivity index (χ1v) is 8.56. The van der Waals surface area contributed by atoms with Crippen LogP contribution in [0.4, 0.5) is 0 Å². The lowest BCUT2D eigenvalue weighted by atomic mass is 9.79. The summed E-state index contributed by atoms with van der Waals surface area (Å²) in [5, 5.41) is 22.6. The minimum atomic E-state index is -1.32. The molecule has 0 saturated carbocycles. The third-order valence-corrected chi connectivity index (χ3v) is 4.92. The maximum absolute atomic E-state index is 11.3. The summed E-state index contributed by atoms with van der Waals surface area (Å²) in [5.41, 5.74) is -1.21. The average molecular weight is 342 g/mol. The summed E-state index contributed by atoms with van der Waals surface area (Å²) in [6, 6.07) is 18.7. The van der Waals surface area contributed by atoms with Gasteiger partial charge in [-0.1, -0.05) is 60.7 Å². The van der Waals surface area contributed by atoms with Gasteiger partial charge in [0.2, 0.25) is 0 Å². The van der Waals surface area contributed by atoms with Crippen LogP contribution in [0.3, 0.4) is 0 Å². The summed E-state index contributed by atoms with van der Waals surface area (Å²) in [7, 11) is 0. The van der Waals surface area contributed by atoms with Crippen molar-refractivity contribution in [3.63, 3.8) is 0 Å². The highest BCUT2D eigenvalue weighted by molar-refractivity contribution is 5.28. The van der Waals surface area contributed by atoms with Gasteiger partial charge in [-0.25, -0.2) is 0 Å². The highest BCUT2D eigenvalue weighted by Crippen LogP contribution is 2.45. The molecule has 3 rings (SSSR count). The number of hydrogen-bond donors (Lipinski definition) is 2. The van der Waals surface area contributed by atoms with Gasteiger partial charge in [0.25, 0.3) is 0 Å². The van der Waals surface area contributed by atoms with Crippen molar-refractivity contribution in [2.24, 2.45) is 0 Å². The fourth-order valence-corrected chi connectivity index (χ4v) is 3.46. The Kier molecular flexibility index (Phi) is 4.50.